The standard InChI is InChI=1S/C24BF20.C10H15N/c26-5-1(6(27)14(35)21(42)13(5)34)25(2-7(28)15(36)22(43)16(37)8(2)29,3-9(30)17(38)23(44)18(39)10(3)31)4-11(32)19(40)24(45)20(41)12(4)33;1-3-11(2)9-10-7-5-4-6-8-10/h;4-8H,3,9H2,1-2H3/q-1;/p+1. The SMILES string of the molecule is CC[NH+](C)Cc1ccccc1.Fc1c(F)c(F)c([B-](c2c(F)c(F)c(F)c(F)c2F)(c2c(F)c(F)c(F)c(F)c2F)c2c(F)c(F)c(F)c(F)c2F)c(F)c1F. The second-order valence-corrected chi connectivity index (χ2v) is 11.8. The van der Waals surface area contributed by atoms with Crippen LogP contribution in [0.4, 0.5) is 87.8 Å². The van der Waals surface area contributed by atoms with Gasteiger partial charge in [-0.1, -0.05) is 30.3 Å². The van der Waals surface area contributed by atoms with Crippen LogP contribution in [0.3, 0.4) is 0 Å². The molecule has 0 aliphatic carbocycles. The molecule has 0 radical (unpaired) electrons. The molecular formula is C34H16BF20N. The molecule has 0 aliphatic rings. The first-order valence-corrected chi connectivity index (χ1v) is 15.1. The summed E-state index contributed by atoms with van der Waals surface area (Å²) in [5.74, 6) is -71.4. The smallest absolute Gasteiger partial charge is 0.200 e. The fourth-order valence-electron chi connectivity index (χ4n) is 5.94. The lowest BCUT2D eigenvalue weighted by molar-refractivity contribution is -0.891. The zero-order valence-corrected chi connectivity index (χ0v) is 27.4. The Morgan fingerprint density at radius 1 is 0.339 bits per heavy atom. The lowest BCUT2D eigenvalue weighted by atomic mass is 9.12. The molecule has 5 aromatic rings. The largest absolute Gasteiger partial charge is 0.334 e. The van der Waals surface area contributed by atoms with Gasteiger partial charge in [-0.05, 0) is 6.92 Å². The van der Waals surface area contributed by atoms with Crippen LogP contribution in [-0.4, -0.2) is 19.7 Å². The van der Waals surface area contributed by atoms with Gasteiger partial charge in [-0.25, -0.2) is 87.8 Å². The van der Waals surface area contributed by atoms with Gasteiger partial charge in [-0.2, -0.15) is 0 Å². The van der Waals surface area contributed by atoms with Crippen LogP contribution < -0.4 is 26.8 Å². The molecule has 0 fully saturated rings. The van der Waals surface area contributed by atoms with E-state index in [1.807, 2.05) is 0 Å². The maximum atomic E-state index is 15.4. The predicted molar refractivity (Wildman–Crippen MR) is 157 cm³/mol. The summed E-state index contributed by atoms with van der Waals surface area (Å²) in [7, 11) is 2.22. The van der Waals surface area contributed by atoms with Crippen molar-refractivity contribution in [3.8, 4) is 0 Å². The van der Waals surface area contributed by atoms with Crippen molar-refractivity contribution in [2.75, 3.05) is 13.6 Å². The van der Waals surface area contributed by atoms with Gasteiger partial charge in [-0.15, -0.1) is 21.9 Å². The lowest BCUT2D eigenvalue weighted by Crippen LogP contribution is -3.07. The van der Waals surface area contributed by atoms with E-state index in [-0.39, 0.29) is 0 Å². The highest BCUT2D eigenvalue weighted by atomic mass is 19.2. The number of nitrogens with one attached hydrogen (secondary N) is 1. The second kappa shape index (κ2) is 16.1. The minimum absolute atomic E-state index is 1.14. The second-order valence-electron chi connectivity index (χ2n) is 11.8. The van der Waals surface area contributed by atoms with Crippen LogP contribution >= 0.6 is 0 Å². The highest BCUT2D eigenvalue weighted by Gasteiger charge is 2.52. The Morgan fingerprint density at radius 3 is 0.732 bits per heavy atom. The highest BCUT2D eigenvalue weighted by Crippen LogP contribution is 2.30. The molecule has 0 saturated heterocycles. The topological polar surface area (TPSA) is 4.44 Å². The molecule has 1 atom stereocenters. The van der Waals surface area contributed by atoms with Crippen LogP contribution in [-0.2, 0) is 6.54 Å². The third kappa shape index (κ3) is 6.70. The van der Waals surface area contributed by atoms with Gasteiger partial charge in [0.25, 0.3) is 0 Å². The molecule has 0 heterocycles. The van der Waals surface area contributed by atoms with E-state index in [0.717, 1.165) is 6.54 Å². The van der Waals surface area contributed by atoms with Crippen molar-refractivity contribution < 1.29 is 92.7 Å². The van der Waals surface area contributed by atoms with Gasteiger partial charge in [0, 0.05) is 5.56 Å². The molecule has 1 unspecified atom stereocenters. The Bertz CT molecular complexity index is 1970. The number of hydrogen-bond acceptors (Lipinski definition) is 0. The molecular weight excluding hydrogens is 813 g/mol. The van der Waals surface area contributed by atoms with Gasteiger partial charge >= 0.3 is 0 Å². The zero-order chi connectivity index (χ0) is 42.5. The summed E-state index contributed by atoms with van der Waals surface area (Å²) in [4.78, 5) is 1.55. The molecule has 0 aromatic heterocycles. The number of quaternary nitrogens is 1. The van der Waals surface area contributed by atoms with Crippen LogP contribution in [0.25, 0.3) is 0 Å². The van der Waals surface area contributed by atoms with Crippen molar-refractivity contribution in [2.45, 2.75) is 13.5 Å². The predicted octanol–water partition coefficient (Wildman–Crippen LogP) is 6.57. The summed E-state index contributed by atoms with van der Waals surface area (Å²) in [5.41, 5.74) is -12.9. The van der Waals surface area contributed by atoms with Gasteiger partial charge in [0.05, 0.1) is 13.6 Å². The number of hydrogen-bond donors (Lipinski definition) is 1. The average Bonchev–Trinajstić information content (AvgIpc) is 3.18. The molecule has 300 valence electrons. The molecule has 0 bridgehead atoms. The summed E-state index contributed by atoms with van der Waals surface area (Å²) in [6.45, 7) is 4.53. The molecule has 22 heteroatoms. The Morgan fingerprint density at radius 2 is 0.536 bits per heavy atom. The summed E-state index contributed by atoms with van der Waals surface area (Å²) >= 11 is 0. The van der Waals surface area contributed by atoms with Crippen LogP contribution in [0, 0.1) is 116 Å². The summed E-state index contributed by atoms with van der Waals surface area (Å²) in [6, 6.07) is 10.6. The molecule has 1 nitrogen and oxygen atoms in total. The van der Waals surface area contributed by atoms with E-state index < -0.39 is 144 Å². The normalized spacial score (nSPS) is 12.2. The van der Waals surface area contributed by atoms with Crippen molar-refractivity contribution in [3.05, 3.63) is 152 Å². The Labute approximate surface area is 300 Å². The summed E-state index contributed by atoms with van der Waals surface area (Å²) in [6.07, 6.45) is -7.22. The van der Waals surface area contributed by atoms with Gasteiger partial charge < -0.3 is 4.90 Å². The maximum absolute atomic E-state index is 15.4. The van der Waals surface area contributed by atoms with Gasteiger partial charge in [0.1, 0.15) is 59.2 Å². The first kappa shape index (κ1) is 43.5. The third-order valence-corrected chi connectivity index (χ3v) is 8.66. The molecule has 0 amide bonds. The van der Waals surface area contributed by atoms with Crippen LogP contribution in [0.2, 0.25) is 0 Å². The first-order chi connectivity index (χ1) is 26.0. The highest BCUT2D eigenvalue weighted by molar-refractivity contribution is 7.20. The van der Waals surface area contributed by atoms with E-state index in [1.165, 1.54) is 12.1 Å². The third-order valence-electron chi connectivity index (χ3n) is 8.66. The van der Waals surface area contributed by atoms with E-state index in [0.29, 0.717) is 0 Å². The average molecular weight is 829 g/mol. The molecule has 0 spiro atoms. The minimum atomic E-state index is -7.22. The van der Waals surface area contributed by atoms with E-state index >= 15 is 35.1 Å². The fraction of sp³-hybridized carbons (Fsp3) is 0.118. The van der Waals surface area contributed by atoms with Crippen molar-refractivity contribution in [1.29, 1.82) is 0 Å². The quantitative estimate of drug-likeness (QED) is 0.0821. The van der Waals surface area contributed by atoms with Crippen LogP contribution in [0.1, 0.15) is 12.5 Å². The van der Waals surface area contributed by atoms with Crippen molar-refractivity contribution in [3.63, 3.8) is 0 Å². The van der Waals surface area contributed by atoms with Crippen molar-refractivity contribution >= 4 is 28.0 Å². The summed E-state index contributed by atoms with van der Waals surface area (Å²) < 4.78 is 294. The number of benzene rings is 5. The van der Waals surface area contributed by atoms with E-state index in [4.69, 9.17) is 0 Å². The minimum Gasteiger partial charge on any atom is -0.334 e. The van der Waals surface area contributed by atoms with Crippen molar-refractivity contribution in [1.82, 2.24) is 0 Å². The fourth-order valence-corrected chi connectivity index (χ4v) is 5.94. The molecule has 56 heavy (non-hydrogen) atoms. The summed E-state index contributed by atoms with van der Waals surface area (Å²) in [5, 5.41) is 0. The Kier molecular flexibility index (Phi) is 12.5. The Hall–Kier alpha value is -5.28. The Balaban J connectivity index is 0.000000544. The van der Waals surface area contributed by atoms with Crippen LogP contribution in [0.15, 0.2) is 30.3 Å². The monoisotopic (exact) mass is 829 g/mol. The molecule has 0 aliphatic heterocycles. The van der Waals surface area contributed by atoms with Crippen molar-refractivity contribution in [2.24, 2.45) is 0 Å². The van der Waals surface area contributed by atoms with Gasteiger partial charge in [0.15, 0.2) is 69.8 Å². The first-order valence-electron chi connectivity index (χ1n) is 15.1. The van der Waals surface area contributed by atoms with Gasteiger partial charge in [0.2, 0.25) is 0 Å². The zero-order valence-electron chi connectivity index (χ0n) is 27.4. The molecule has 5 rings (SSSR count). The van der Waals surface area contributed by atoms with Crippen LogP contribution in [0.5, 0.6) is 0 Å². The number of rotatable bonds is 7. The van der Waals surface area contributed by atoms with Gasteiger partial charge in [-0.3, -0.25) is 0 Å². The maximum Gasteiger partial charge on any atom is 0.200 e. The van der Waals surface area contributed by atoms with E-state index in [9.17, 15) is 52.7 Å². The number of halogens is 20. The van der Waals surface area contributed by atoms with E-state index in [1.54, 1.807) is 4.90 Å². The molecule has 0 saturated carbocycles. The molecule has 1 N–H and O–H groups in total. The molecule has 5 aromatic carbocycles. The lowest BCUT2D eigenvalue weighted by Gasteiger charge is -2.44. The van der Waals surface area contributed by atoms with E-state index in [2.05, 4.69) is 44.3 Å².